The Morgan fingerprint density at radius 2 is 1.68 bits per heavy atom. The number of para-hydroxylation sites is 2. The molecule has 3 aromatic rings. The van der Waals surface area contributed by atoms with Gasteiger partial charge in [0.15, 0.2) is 0 Å². The van der Waals surface area contributed by atoms with Gasteiger partial charge in [-0.05, 0) is 51.0 Å². The molecule has 0 atom stereocenters. The van der Waals surface area contributed by atoms with Gasteiger partial charge in [-0.1, -0.05) is 29.8 Å². The molecule has 2 aromatic carbocycles. The van der Waals surface area contributed by atoms with E-state index >= 15 is 0 Å². The maximum absolute atomic E-state index is 12.5. The highest BCUT2D eigenvalue weighted by atomic mass is 16.5. The van der Waals surface area contributed by atoms with Gasteiger partial charge in [0.05, 0.1) is 17.9 Å². The largest absolute Gasteiger partial charge is 0.492 e. The Morgan fingerprint density at radius 3 is 2.32 bits per heavy atom. The van der Waals surface area contributed by atoms with E-state index in [-0.39, 0.29) is 5.91 Å². The van der Waals surface area contributed by atoms with E-state index < -0.39 is 0 Å². The Labute approximate surface area is 165 Å². The van der Waals surface area contributed by atoms with Crippen LogP contribution in [0.15, 0.2) is 48.8 Å². The summed E-state index contributed by atoms with van der Waals surface area (Å²) in [5.41, 5.74) is 5.41. The summed E-state index contributed by atoms with van der Waals surface area (Å²) < 4.78 is 5.53. The van der Waals surface area contributed by atoms with Crippen molar-refractivity contribution in [3.05, 3.63) is 71.0 Å². The van der Waals surface area contributed by atoms with Gasteiger partial charge >= 0.3 is 0 Å². The molecule has 0 bridgehead atoms. The van der Waals surface area contributed by atoms with Crippen molar-refractivity contribution in [2.75, 3.05) is 17.2 Å². The Bertz CT molecular complexity index is 961. The molecule has 2 N–H and O–H groups in total. The summed E-state index contributed by atoms with van der Waals surface area (Å²) in [6, 6.07) is 11.5. The van der Waals surface area contributed by atoms with Gasteiger partial charge in [-0.2, -0.15) is 0 Å². The van der Waals surface area contributed by atoms with Crippen LogP contribution in [0.1, 0.15) is 34.0 Å². The molecule has 0 saturated heterocycles. The molecule has 0 saturated carbocycles. The fraction of sp³-hybridized carbons (Fsp3) is 0.227. The van der Waals surface area contributed by atoms with Crippen LogP contribution < -0.4 is 15.4 Å². The lowest BCUT2D eigenvalue weighted by Gasteiger charge is -2.13. The number of carbonyl (C=O) groups is 1. The van der Waals surface area contributed by atoms with Crippen LogP contribution in [0.3, 0.4) is 0 Å². The predicted molar refractivity (Wildman–Crippen MR) is 112 cm³/mol. The van der Waals surface area contributed by atoms with E-state index in [0.717, 1.165) is 16.8 Å². The molecule has 1 amide bonds. The molecule has 3 rings (SSSR count). The van der Waals surface area contributed by atoms with Crippen LogP contribution in [0.25, 0.3) is 0 Å². The zero-order valence-electron chi connectivity index (χ0n) is 16.5. The van der Waals surface area contributed by atoms with Crippen LogP contribution in [-0.2, 0) is 0 Å². The normalized spacial score (nSPS) is 10.4. The fourth-order valence-electron chi connectivity index (χ4n) is 3.04. The van der Waals surface area contributed by atoms with Gasteiger partial charge in [-0.3, -0.25) is 4.79 Å². The number of ether oxygens (including phenoxy) is 1. The molecule has 0 spiro atoms. The van der Waals surface area contributed by atoms with E-state index in [9.17, 15) is 4.79 Å². The summed E-state index contributed by atoms with van der Waals surface area (Å²) in [5, 5.41) is 6.08. The molecular formula is C22H24N4O2. The van der Waals surface area contributed by atoms with Crippen LogP contribution in [0.2, 0.25) is 0 Å². The van der Waals surface area contributed by atoms with Crippen LogP contribution >= 0.6 is 0 Å². The standard InChI is InChI=1S/C22H24N4O2/c1-5-28-19-9-7-6-8-18(19)25-21(27)17-12-23-22(24-13-17)26-20-15(3)10-14(2)11-16(20)4/h6-13H,5H2,1-4H3,(H,25,27)(H,23,24,26). The third-order valence-electron chi connectivity index (χ3n) is 4.26. The number of anilines is 3. The molecule has 0 aliphatic rings. The minimum Gasteiger partial charge on any atom is -0.492 e. The molecule has 1 heterocycles. The van der Waals surface area contributed by atoms with Crippen molar-refractivity contribution in [2.24, 2.45) is 0 Å². The zero-order chi connectivity index (χ0) is 20.1. The first-order valence-corrected chi connectivity index (χ1v) is 9.18. The highest BCUT2D eigenvalue weighted by Gasteiger charge is 2.12. The zero-order valence-corrected chi connectivity index (χ0v) is 16.5. The smallest absolute Gasteiger partial charge is 0.258 e. The molecule has 28 heavy (non-hydrogen) atoms. The number of carbonyl (C=O) groups excluding carboxylic acids is 1. The molecule has 0 radical (unpaired) electrons. The summed E-state index contributed by atoms with van der Waals surface area (Å²) in [5.74, 6) is 0.783. The van der Waals surface area contributed by atoms with Gasteiger partial charge in [-0.25, -0.2) is 9.97 Å². The number of aryl methyl sites for hydroxylation is 3. The Balaban J connectivity index is 1.73. The van der Waals surface area contributed by atoms with Crippen molar-refractivity contribution in [3.63, 3.8) is 0 Å². The number of aromatic nitrogens is 2. The summed E-state index contributed by atoms with van der Waals surface area (Å²) in [6.07, 6.45) is 3.01. The molecule has 0 fully saturated rings. The summed E-state index contributed by atoms with van der Waals surface area (Å²) >= 11 is 0. The van der Waals surface area contributed by atoms with E-state index in [1.54, 1.807) is 6.07 Å². The number of nitrogens with one attached hydrogen (secondary N) is 2. The lowest BCUT2D eigenvalue weighted by atomic mass is 10.1. The monoisotopic (exact) mass is 376 g/mol. The first kappa shape index (κ1) is 19.4. The van der Waals surface area contributed by atoms with Gasteiger partial charge in [0.2, 0.25) is 5.95 Å². The average Bonchev–Trinajstić information content (AvgIpc) is 2.67. The SMILES string of the molecule is CCOc1ccccc1NC(=O)c1cnc(Nc2c(C)cc(C)cc2C)nc1. The quantitative estimate of drug-likeness (QED) is 0.646. The van der Waals surface area contributed by atoms with Gasteiger partial charge in [-0.15, -0.1) is 0 Å². The molecule has 0 aliphatic carbocycles. The third-order valence-corrected chi connectivity index (χ3v) is 4.26. The van der Waals surface area contributed by atoms with Crippen molar-refractivity contribution < 1.29 is 9.53 Å². The van der Waals surface area contributed by atoms with E-state index in [0.29, 0.717) is 29.6 Å². The Kier molecular flexibility index (Phi) is 5.89. The van der Waals surface area contributed by atoms with Crippen molar-refractivity contribution >= 4 is 23.2 Å². The number of hydrogen-bond donors (Lipinski definition) is 2. The van der Waals surface area contributed by atoms with Crippen molar-refractivity contribution in [1.29, 1.82) is 0 Å². The minimum absolute atomic E-state index is 0.290. The Morgan fingerprint density at radius 1 is 1.04 bits per heavy atom. The first-order valence-electron chi connectivity index (χ1n) is 9.18. The number of benzene rings is 2. The Hall–Kier alpha value is -3.41. The molecular weight excluding hydrogens is 352 g/mol. The molecule has 0 aliphatic heterocycles. The fourth-order valence-corrected chi connectivity index (χ4v) is 3.04. The van der Waals surface area contributed by atoms with Gasteiger partial charge < -0.3 is 15.4 Å². The highest BCUT2D eigenvalue weighted by Crippen LogP contribution is 2.25. The molecule has 6 nitrogen and oxygen atoms in total. The van der Waals surface area contributed by atoms with Crippen LogP contribution in [0.4, 0.5) is 17.3 Å². The van der Waals surface area contributed by atoms with E-state index in [1.807, 2.05) is 39.0 Å². The molecule has 0 unspecified atom stereocenters. The second-order valence-electron chi connectivity index (χ2n) is 6.58. The highest BCUT2D eigenvalue weighted by molar-refractivity contribution is 6.04. The second-order valence-corrected chi connectivity index (χ2v) is 6.58. The second kappa shape index (κ2) is 8.52. The molecule has 6 heteroatoms. The van der Waals surface area contributed by atoms with Gasteiger partial charge in [0, 0.05) is 18.1 Å². The molecule has 1 aromatic heterocycles. The van der Waals surface area contributed by atoms with Crippen molar-refractivity contribution in [3.8, 4) is 5.75 Å². The number of hydrogen-bond acceptors (Lipinski definition) is 5. The maximum Gasteiger partial charge on any atom is 0.258 e. The maximum atomic E-state index is 12.5. The topological polar surface area (TPSA) is 76.1 Å². The third kappa shape index (κ3) is 4.46. The van der Waals surface area contributed by atoms with Gasteiger partial charge in [0.25, 0.3) is 5.91 Å². The summed E-state index contributed by atoms with van der Waals surface area (Å²) in [4.78, 5) is 21.1. The lowest BCUT2D eigenvalue weighted by molar-refractivity contribution is 0.102. The van der Waals surface area contributed by atoms with Crippen molar-refractivity contribution in [2.45, 2.75) is 27.7 Å². The van der Waals surface area contributed by atoms with Crippen LogP contribution in [0, 0.1) is 20.8 Å². The van der Waals surface area contributed by atoms with E-state index in [4.69, 9.17) is 4.74 Å². The molecule has 144 valence electrons. The van der Waals surface area contributed by atoms with Crippen molar-refractivity contribution in [1.82, 2.24) is 9.97 Å². The predicted octanol–water partition coefficient (Wildman–Crippen LogP) is 4.80. The average molecular weight is 376 g/mol. The van der Waals surface area contributed by atoms with Gasteiger partial charge in [0.1, 0.15) is 5.75 Å². The summed E-state index contributed by atoms with van der Waals surface area (Å²) in [7, 11) is 0. The number of nitrogens with zero attached hydrogens (tertiary/aromatic N) is 2. The van der Waals surface area contributed by atoms with E-state index in [2.05, 4.69) is 39.7 Å². The minimum atomic E-state index is -0.290. The first-order chi connectivity index (χ1) is 13.5. The lowest BCUT2D eigenvalue weighted by Crippen LogP contribution is -2.14. The summed E-state index contributed by atoms with van der Waals surface area (Å²) in [6.45, 7) is 8.57. The number of amides is 1. The van der Waals surface area contributed by atoms with Crippen LogP contribution in [-0.4, -0.2) is 22.5 Å². The van der Waals surface area contributed by atoms with E-state index in [1.165, 1.54) is 18.0 Å². The van der Waals surface area contributed by atoms with Crippen LogP contribution in [0.5, 0.6) is 5.75 Å². The number of rotatable bonds is 6.